The Hall–Kier alpha value is -1.33. The minimum atomic E-state index is -1.13. The Morgan fingerprint density at radius 3 is 2.47 bits per heavy atom. The number of ether oxygens (including phenoxy) is 1. The first-order valence-corrected chi connectivity index (χ1v) is 5.23. The molecule has 0 aromatic heterocycles. The summed E-state index contributed by atoms with van der Waals surface area (Å²) in [6.07, 6.45) is -1.13. The van der Waals surface area contributed by atoms with Gasteiger partial charge in [-0.3, -0.25) is 4.79 Å². The summed E-state index contributed by atoms with van der Waals surface area (Å²) in [4.78, 5) is 22.2. The zero-order valence-corrected chi connectivity index (χ0v) is 10.2. The second kappa shape index (κ2) is 5.33. The Labute approximate surface area is 106 Å². The number of carbonyl (C=O) groups is 2. The third-order valence-electron chi connectivity index (χ3n) is 1.91. The molecule has 4 nitrogen and oxygen atoms in total. The number of hydrogen-bond donors (Lipinski definition) is 1. The topological polar surface area (TPSA) is 69.4 Å². The van der Waals surface area contributed by atoms with Crippen LogP contribution in [-0.4, -0.2) is 18.0 Å². The summed E-state index contributed by atoms with van der Waals surface area (Å²) in [6.45, 7) is 1.29. The van der Waals surface area contributed by atoms with Gasteiger partial charge in [0.05, 0.1) is 15.6 Å². The highest BCUT2D eigenvalue weighted by Crippen LogP contribution is 2.25. The van der Waals surface area contributed by atoms with Gasteiger partial charge in [-0.1, -0.05) is 23.2 Å². The minimum Gasteiger partial charge on any atom is -0.449 e. The molecule has 0 fully saturated rings. The second-order valence-electron chi connectivity index (χ2n) is 3.20. The van der Waals surface area contributed by atoms with Crippen molar-refractivity contribution in [3.05, 3.63) is 33.6 Å². The van der Waals surface area contributed by atoms with Gasteiger partial charge in [0.2, 0.25) is 0 Å². The number of rotatable bonds is 3. The maximum absolute atomic E-state index is 13.1. The lowest BCUT2D eigenvalue weighted by atomic mass is 10.2. The highest BCUT2D eigenvalue weighted by molar-refractivity contribution is 6.36. The standard InChI is InChI=1S/C10H8Cl2FNO3/c1-4(9(14)15)17-10(16)5-2-8(13)7(12)3-6(5)11/h2-4H,1H3,(H2,14,15)/t4-/m0/s1. The monoisotopic (exact) mass is 279 g/mol. The number of amides is 1. The number of halogens is 3. The Bertz CT molecular complexity index is 479. The number of benzene rings is 1. The van der Waals surface area contributed by atoms with Crippen LogP contribution in [0.5, 0.6) is 0 Å². The van der Waals surface area contributed by atoms with Crippen molar-refractivity contribution >= 4 is 35.1 Å². The summed E-state index contributed by atoms with van der Waals surface area (Å²) in [5, 5.41) is -0.285. The Balaban J connectivity index is 2.97. The molecule has 1 aromatic rings. The van der Waals surface area contributed by atoms with Crippen molar-refractivity contribution in [3.63, 3.8) is 0 Å². The van der Waals surface area contributed by atoms with Gasteiger partial charge in [-0.15, -0.1) is 0 Å². The molecule has 7 heteroatoms. The fourth-order valence-corrected chi connectivity index (χ4v) is 1.42. The van der Waals surface area contributed by atoms with E-state index >= 15 is 0 Å². The van der Waals surface area contributed by atoms with Gasteiger partial charge in [-0.05, 0) is 19.1 Å². The molecule has 0 aliphatic heterocycles. The highest BCUT2D eigenvalue weighted by Gasteiger charge is 2.20. The molecule has 0 radical (unpaired) electrons. The van der Waals surface area contributed by atoms with Crippen LogP contribution in [0.15, 0.2) is 12.1 Å². The molecule has 0 unspecified atom stereocenters. The quantitative estimate of drug-likeness (QED) is 0.681. The molecular formula is C10H8Cl2FNO3. The number of primary amides is 1. The van der Waals surface area contributed by atoms with Crippen LogP contribution < -0.4 is 5.73 Å². The zero-order valence-electron chi connectivity index (χ0n) is 8.67. The molecule has 1 aromatic carbocycles. The SMILES string of the molecule is C[C@H](OC(=O)c1cc(F)c(Cl)cc1Cl)C(N)=O. The average molecular weight is 280 g/mol. The van der Waals surface area contributed by atoms with Crippen molar-refractivity contribution in [1.82, 2.24) is 0 Å². The molecule has 1 rings (SSSR count). The van der Waals surface area contributed by atoms with Crippen LogP contribution in [0, 0.1) is 5.82 Å². The van der Waals surface area contributed by atoms with E-state index in [0.29, 0.717) is 0 Å². The second-order valence-corrected chi connectivity index (χ2v) is 4.01. The van der Waals surface area contributed by atoms with E-state index in [0.717, 1.165) is 12.1 Å². The van der Waals surface area contributed by atoms with Crippen LogP contribution >= 0.6 is 23.2 Å². The van der Waals surface area contributed by atoms with Crippen molar-refractivity contribution < 1.29 is 18.7 Å². The van der Waals surface area contributed by atoms with Gasteiger partial charge in [0.25, 0.3) is 5.91 Å². The van der Waals surface area contributed by atoms with Crippen LogP contribution in [0.2, 0.25) is 10.0 Å². The number of carbonyl (C=O) groups excluding carboxylic acids is 2. The van der Waals surface area contributed by atoms with Crippen molar-refractivity contribution in [3.8, 4) is 0 Å². The fraction of sp³-hybridized carbons (Fsp3) is 0.200. The summed E-state index contributed by atoms with van der Waals surface area (Å²) >= 11 is 11.2. The van der Waals surface area contributed by atoms with Gasteiger partial charge in [0.1, 0.15) is 5.82 Å². The lowest BCUT2D eigenvalue weighted by molar-refractivity contribution is -0.125. The van der Waals surface area contributed by atoms with E-state index in [1.807, 2.05) is 0 Å². The predicted molar refractivity (Wildman–Crippen MR) is 60.5 cm³/mol. The number of nitrogens with two attached hydrogens (primary N) is 1. The molecule has 0 aliphatic carbocycles. The lowest BCUT2D eigenvalue weighted by Crippen LogP contribution is -2.30. The molecule has 0 saturated carbocycles. The van der Waals surface area contributed by atoms with Crippen molar-refractivity contribution in [1.29, 1.82) is 0 Å². The molecular weight excluding hydrogens is 272 g/mol. The molecule has 0 heterocycles. The maximum atomic E-state index is 13.1. The molecule has 92 valence electrons. The van der Waals surface area contributed by atoms with Gasteiger partial charge in [0, 0.05) is 0 Å². The van der Waals surface area contributed by atoms with Crippen molar-refractivity contribution in [2.24, 2.45) is 5.73 Å². The normalized spacial score (nSPS) is 12.0. The van der Waals surface area contributed by atoms with E-state index < -0.39 is 23.8 Å². The first-order chi connectivity index (χ1) is 7.82. The Morgan fingerprint density at radius 2 is 1.94 bits per heavy atom. The average Bonchev–Trinajstić information content (AvgIpc) is 2.22. The van der Waals surface area contributed by atoms with E-state index in [9.17, 15) is 14.0 Å². The van der Waals surface area contributed by atoms with E-state index in [1.165, 1.54) is 6.92 Å². The van der Waals surface area contributed by atoms with Gasteiger partial charge in [-0.2, -0.15) is 0 Å². The van der Waals surface area contributed by atoms with Gasteiger partial charge in [0.15, 0.2) is 6.10 Å². The highest BCUT2D eigenvalue weighted by atomic mass is 35.5. The van der Waals surface area contributed by atoms with Crippen LogP contribution in [0.1, 0.15) is 17.3 Å². The molecule has 0 saturated heterocycles. The van der Waals surface area contributed by atoms with Crippen LogP contribution in [-0.2, 0) is 9.53 Å². The number of esters is 1. The van der Waals surface area contributed by atoms with Crippen LogP contribution in [0.4, 0.5) is 4.39 Å². The fourth-order valence-electron chi connectivity index (χ4n) is 0.961. The molecule has 1 amide bonds. The van der Waals surface area contributed by atoms with E-state index in [2.05, 4.69) is 4.74 Å². The van der Waals surface area contributed by atoms with Gasteiger partial charge >= 0.3 is 5.97 Å². The van der Waals surface area contributed by atoms with Crippen molar-refractivity contribution in [2.45, 2.75) is 13.0 Å². The zero-order chi connectivity index (χ0) is 13.2. The van der Waals surface area contributed by atoms with Gasteiger partial charge < -0.3 is 10.5 Å². The molecule has 1 atom stereocenters. The minimum absolute atomic E-state index is 0.0712. The van der Waals surface area contributed by atoms with Crippen molar-refractivity contribution in [2.75, 3.05) is 0 Å². The third kappa shape index (κ3) is 3.31. The van der Waals surface area contributed by atoms with E-state index in [1.54, 1.807) is 0 Å². The molecule has 0 aliphatic rings. The summed E-state index contributed by atoms with van der Waals surface area (Å²) in [7, 11) is 0. The van der Waals surface area contributed by atoms with E-state index in [4.69, 9.17) is 28.9 Å². The molecule has 17 heavy (non-hydrogen) atoms. The van der Waals surface area contributed by atoms with Crippen LogP contribution in [0.3, 0.4) is 0 Å². The van der Waals surface area contributed by atoms with E-state index in [-0.39, 0.29) is 15.6 Å². The predicted octanol–water partition coefficient (Wildman–Crippen LogP) is 2.16. The smallest absolute Gasteiger partial charge is 0.340 e. The summed E-state index contributed by atoms with van der Waals surface area (Å²) < 4.78 is 17.8. The molecule has 0 bridgehead atoms. The number of hydrogen-bond acceptors (Lipinski definition) is 3. The Kier molecular flexibility index (Phi) is 4.31. The first-order valence-electron chi connectivity index (χ1n) is 4.47. The Morgan fingerprint density at radius 1 is 1.35 bits per heavy atom. The van der Waals surface area contributed by atoms with Gasteiger partial charge in [-0.25, -0.2) is 9.18 Å². The summed E-state index contributed by atoms with van der Waals surface area (Å²) in [6, 6.07) is 1.91. The lowest BCUT2D eigenvalue weighted by Gasteiger charge is -2.10. The maximum Gasteiger partial charge on any atom is 0.340 e. The molecule has 0 spiro atoms. The first kappa shape index (κ1) is 13.7. The summed E-state index contributed by atoms with van der Waals surface area (Å²) in [5.41, 5.74) is 4.69. The van der Waals surface area contributed by atoms with Crippen LogP contribution in [0.25, 0.3) is 0 Å². The largest absolute Gasteiger partial charge is 0.449 e. The summed E-state index contributed by atoms with van der Waals surface area (Å²) in [5.74, 6) is -2.57. The third-order valence-corrected chi connectivity index (χ3v) is 2.52. The molecule has 2 N–H and O–H groups in total.